The summed E-state index contributed by atoms with van der Waals surface area (Å²) in [5.74, 6) is 2.57. The Labute approximate surface area is 142 Å². The molecule has 1 aliphatic rings. The van der Waals surface area contributed by atoms with E-state index in [1.54, 1.807) is 12.5 Å². The number of likely N-dealkylation sites (tertiary alicyclic amines) is 1. The van der Waals surface area contributed by atoms with Gasteiger partial charge in [-0.3, -0.25) is 4.79 Å². The Morgan fingerprint density at radius 3 is 3.04 bits per heavy atom. The van der Waals surface area contributed by atoms with Crippen LogP contribution in [0.25, 0.3) is 0 Å². The topological polar surface area (TPSA) is 58.8 Å². The van der Waals surface area contributed by atoms with Crippen LogP contribution in [0.2, 0.25) is 0 Å². The fourth-order valence-corrected chi connectivity index (χ4v) is 2.88. The molecule has 0 radical (unpaired) electrons. The lowest BCUT2D eigenvalue weighted by Crippen LogP contribution is -2.31. The zero-order valence-corrected chi connectivity index (χ0v) is 14.1. The van der Waals surface area contributed by atoms with Gasteiger partial charge in [-0.25, -0.2) is 4.98 Å². The minimum Gasteiger partial charge on any atom is -0.485 e. The van der Waals surface area contributed by atoms with Crippen molar-refractivity contribution >= 4 is 11.7 Å². The Kier molecular flexibility index (Phi) is 5.03. The monoisotopic (exact) mass is 329 g/mol. The number of aromatic nitrogens is 1. The number of anilines is 1. The van der Waals surface area contributed by atoms with Crippen molar-refractivity contribution in [3.05, 3.63) is 42.5 Å². The van der Waals surface area contributed by atoms with Crippen LogP contribution < -0.4 is 9.64 Å². The summed E-state index contributed by atoms with van der Waals surface area (Å²) in [6.45, 7) is 1.36. The van der Waals surface area contributed by atoms with Crippen molar-refractivity contribution in [2.24, 2.45) is 0 Å². The third-order valence-electron chi connectivity index (χ3n) is 4.13. The lowest BCUT2D eigenvalue weighted by molar-refractivity contribution is -0.130. The van der Waals surface area contributed by atoms with Crippen molar-refractivity contribution in [3.8, 4) is 5.75 Å². The number of hydrogen-bond acceptors (Lipinski definition) is 5. The molecular weight excluding hydrogens is 306 g/mol. The van der Waals surface area contributed by atoms with Gasteiger partial charge in [0.15, 0.2) is 11.6 Å². The number of amides is 1. The summed E-state index contributed by atoms with van der Waals surface area (Å²) in [6.07, 6.45) is 5.35. The van der Waals surface area contributed by atoms with Crippen LogP contribution in [-0.2, 0) is 11.2 Å². The molecule has 24 heavy (non-hydrogen) atoms. The van der Waals surface area contributed by atoms with Crippen molar-refractivity contribution in [2.75, 3.05) is 32.1 Å². The zero-order valence-electron chi connectivity index (χ0n) is 14.1. The average molecular weight is 329 g/mol. The van der Waals surface area contributed by atoms with Crippen molar-refractivity contribution < 1.29 is 13.9 Å². The molecule has 0 saturated carbocycles. The summed E-state index contributed by atoms with van der Waals surface area (Å²) in [4.78, 5) is 20.5. The molecule has 1 amide bonds. The molecule has 6 nitrogen and oxygen atoms in total. The molecule has 1 fully saturated rings. The minimum absolute atomic E-state index is 0.0143. The number of hydrogen-bond donors (Lipinski definition) is 0. The molecule has 3 heterocycles. The lowest BCUT2D eigenvalue weighted by atomic mass is 10.2. The van der Waals surface area contributed by atoms with Gasteiger partial charge in [0.1, 0.15) is 11.9 Å². The predicted molar refractivity (Wildman–Crippen MR) is 91.2 cm³/mol. The molecule has 0 spiro atoms. The van der Waals surface area contributed by atoms with E-state index in [0.717, 1.165) is 30.3 Å². The van der Waals surface area contributed by atoms with E-state index >= 15 is 0 Å². The van der Waals surface area contributed by atoms with Crippen molar-refractivity contribution in [3.63, 3.8) is 0 Å². The molecule has 1 atom stereocenters. The molecule has 0 N–H and O–H groups in total. The molecule has 0 aliphatic carbocycles. The van der Waals surface area contributed by atoms with Gasteiger partial charge in [-0.1, -0.05) is 0 Å². The van der Waals surface area contributed by atoms with Crippen LogP contribution in [0.15, 0.2) is 41.1 Å². The van der Waals surface area contributed by atoms with Gasteiger partial charge in [-0.15, -0.1) is 0 Å². The van der Waals surface area contributed by atoms with Crippen molar-refractivity contribution in [2.45, 2.75) is 25.4 Å². The number of pyridine rings is 1. The number of aryl methyl sites for hydroxylation is 1. The molecule has 2 aromatic heterocycles. The maximum absolute atomic E-state index is 12.3. The first kappa shape index (κ1) is 16.4. The number of nitrogens with zero attached hydrogens (tertiary/aromatic N) is 3. The van der Waals surface area contributed by atoms with Crippen LogP contribution in [0.4, 0.5) is 5.82 Å². The Morgan fingerprint density at radius 2 is 2.29 bits per heavy atom. The first-order valence-electron chi connectivity index (χ1n) is 8.22. The number of furan rings is 1. The van der Waals surface area contributed by atoms with Gasteiger partial charge in [0.05, 0.1) is 12.8 Å². The molecule has 2 aromatic rings. The van der Waals surface area contributed by atoms with Gasteiger partial charge < -0.3 is 19.0 Å². The van der Waals surface area contributed by atoms with E-state index < -0.39 is 0 Å². The first-order valence-corrected chi connectivity index (χ1v) is 8.22. The van der Waals surface area contributed by atoms with Crippen LogP contribution in [0.1, 0.15) is 18.6 Å². The summed E-state index contributed by atoms with van der Waals surface area (Å²) in [7, 11) is 3.88. The smallest absolute Gasteiger partial charge is 0.223 e. The number of carbonyl (C=O) groups excluding carboxylic acids is 1. The van der Waals surface area contributed by atoms with E-state index in [-0.39, 0.29) is 12.0 Å². The van der Waals surface area contributed by atoms with E-state index in [1.807, 2.05) is 48.2 Å². The molecule has 1 aliphatic heterocycles. The Balaban J connectivity index is 1.53. The zero-order chi connectivity index (χ0) is 16.9. The van der Waals surface area contributed by atoms with Crippen LogP contribution in [0.3, 0.4) is 0 Å². The van der Waals surface area contributed by atoms with E-state index in [4.69, 9.17) is 9.15 Å². The van der Waals surface area contributed by atoms with Crippen LogP contribution in [0, 0.1) is 0 Å². The fourth-order valence-electron chi connectivity index (χ4n) is 2.88. The molecule has 0 aromatic carbocycles. The second-order valence-electron chi connectivity index (χ2n) is 6.17. The normalized spacial score (nSPS) is 17.1. The highest BCUT2D eigenvalue weighted by atomic mass is 16.5. The third-order valence-corrected chi connectivity index (χ3v) is 4.13. The highest BCUT2D eigenvalue weighted by Gasteiger charge is 2.28. The largest absolute Gasteiger partial charge is 0.485 e. The fraction of sp³-hybridized carbons (Fsp3) is 0.444. The lowest BCUT2D eigenvalue weighted by Gasteiger charge is -2.20. The number of ether oxygens (including phenoxy) is 1. The molecule has 0 unspecified atom stereocenters. The third kappa shape index (κ3) is 3.88. The van der Waals surface area contributed by atoms with Gasteiger partial charge in [0, 0.05) is 46.1 Å². The van der Waals surface area contributed by atoms with Crippen LogP contribution in [0.5, 0.6) is 5.75 Å². The number of carbonyl (C=O) groups is 1. The van der Waals surface area contributed by atoms with E-state index in [9.17, 15) is 4.79 Å². The highest BCUT2D eigenvalue weighted by Crippen LogP contribution is 2.26. The van der Waals surface area contributed by atoms with Gasteiger partial charge in [0.25, 0.3) is 0 Å². The average Bonchev–Trinajstić information content (AvgIpc) is 3.24. The molecule has 1 saturated heterocycles. The summed E-state index contributed by atoms with van der Waals surface area (Å²) in [5, 5.41) is 0. The van der Waals surface area contributed by atoms with Gasteiger partial charge in [-0.2, -0.15) is 0 Å². The summed E-state index contributed by atoms with van der Waals surface area (Å²) in [5.41, 5.74) is 0. The maximum atomic E-state index is 12.3. The SMILES string of the molecule is CN(C)c1ncccc1O[C@@H]1CCN(C(=O)CCc2ccco2)C1. The molecule has 128 valence electrons. The second-order valence-corrected chi connectivity index (χ2v) is 6.17. The Bertz CT molecular complexity index is 670. The molecule has 3 rings (SSSR count). The van der Waals surface area contributed by atoms with Crippen LogP contribution >= 0.6 is 0 Å². The van der Waals surface area contributed by atoms with Crippen molar-refractivity contribution in [1.82, 2.24) is 9.88 Å². The van der Waals surface area contributed by atoms with Gasteiger partial charge >= 0.3 is 0 Å². The summed E-state index contributed by atoms with van der Waals surface area (Å²) >= 11 is 0. The summed E-state index contributed by atoms with van der Waals surface area (Å²) in [6, 6.07) is 7.53. The quantitative estimate of drug-likeness (QED) is 0.814. The standard InChI is InChI=1S/C18H23N3O3/c1-20(2)18-16(6-3-10-19-18)24-15-9-11-21(13-15)17(22)8-7-14-5-4-12-23-14/h3-6,10,12,15H,7-9,11,13H2,1-2H3/t15-/m1/s1. The number of rotatable bonds is 6. The maximum Gasteiger partial charge on any atom is 0.223 e. The second kappa shape index (κ2) is 7.38. The van der Waals surface area contributed by atoms with Crippen LogP contribution in [-0.4, -0.2) is 49.1 Å². The summed E-state index contributed by atoms with van der Waals surface area (Å²) < 4.78 is 11.4. The van der Waals surface area contributed by atoms with Gasteiger partial charge in [-0.05, 0) is 24.3 Å². The van der Waals surface area contributed by atoms with Crippen molar-refractivity contribution in [1.29, 1.82) is 0 Å². The Morgan fingerprint density at radius 1 is 1.42 bits per heavy atom. The van der Waals surface area contributed by atoms with E-state index in [0.29, 0.717) is 19.4 Å². The predicted octanol–water partition coefficient (Wildman–Crippen LogP) is 2.35. The van der Waals surface area contributed by atoms with E-state index in [2.05, 4.69) is 4.98 Å². The van der Waals surface area contributed by atoms with E-state index in [1.165, 1.54) is 0 Å². The molecule has 0 bridgehead atoms. The Hall–Kier alpha value is -2.50. The van der Waals surface area contributed by atoms with Gasteiger partial charge in [0.2, 0.25) is 5.91 Å². The molecule has 6 heteroatoms. The first-order chi connectivity index (χ1) is 11.6. The highest BCUT2D eigenvalue weighted by molar-refractivity contribution is 5.76. The minimum atomic E-state index is 0.0143. The molecular formula is C18H23N3O3.